The lowest BCUT2D eigenvalue weighted by molar-refractivity contribution is -0.274. The summed E-state index contributed by atoms with van der Waals surface area (Å²) in [5.74, 6) is -0.237. The molecule has 0 saturated carbocycles. The molecule has 0 saturated heterocycles. The van der Waals surface area contributed by atoms with E-state index in [1.165, 1.54) is 16.8 Å². The Morgan fingerprint density at radius 2 is 2.06 bits per heavy atom. The van der Waals surface area contributed by atoms with Gasteiger partial charge >= 0.3 is 6.36 Å². The SMILES string of the molecule is Cn1nc(I)c2ccc(OC(F)(F)F)cc21. The van der Waals surface area contributed by atoms with E-state index in [4.69, 9.17) is 0 Å². The number of benzene rings is 1. The van der Waals surface area contributed by atoms with E-state index in [2.05, 4.69) is 9.84 Å². The van der Waals surface area contributed by atoms with Gasteiger partial charge in [0.05, 0.1) is 5.52 Å². The number of alkyl halides is 3. The van der Waals surface area contributed by atoms with Gasteiger partial charge in [-0.1, -0.05) is 0 Å². The summed E-state index contributed by atoms with van der Waals surface area (Å²) in [5.41, 5.74) is 0.603. The lowest BCUT2D eigenvalue weighted by atomic mass is 10.2. The maximum atomic E-state index is 12.0. The zero-order valence-electron chi connectivity index (χ0n) is 8.05. The van der Waals surface area contributed by atoms with Gasteiger partial charge in [-0.25, -0.2) is 0 Å². The van der Waals surface area contributed by atoms with E-state index in [0.29, 0.717) is 5.52 Å². The second-order valence-electron chi connectivity index (χ2n) is 3.14. The summed E-state index contributed by atoms with van der Waals surface area (Å²) in [7, 11) is 1.67. The number of fused-ring (bicyclic) bond motifs is 1. The van der Waals surface area contributed by atoms with Gasteiger partial charge in [0.1, 0.15) is 9.45 Å². The highest BCUT2D eigenvalue weighted by Crippen LogP contribution is 2.28. The summed E-state index contributed by atoms with van der Waals surface area (Å²) in [6.45, 7) is 0. The highest BCUT2D eigenvalue weighted by molar-refractivity contribution is 14.1. The van der Waals surface area contributed by atoms with Crippen molar-refractivity contribution in [2.24, 2.45) is 7.05 Å². The summed E-state index contributed by atoms with van der Waals surface area (Å²) < 4.78 is 42.1. The first-order chi connectivity index (χ1) is 7.37. The van der Waals surface area contributed by atoms with E-state index in [1.807, 2.05) is 22.6 Å². The molecule has 0 aliphatic carbocycles. The molecule has 1 aromatic heterocycles. The molecule has 1 aromatic carbocycles. The number of ether oxygens (including phenoxy) is 1. The fraction of sp³-hybridized carbons (Fsp3) is 0.222. The van der Waals surface area contributed by atoms with Crippen LogP contribution in [0, 0.1) is 3.70 Å². The van der Waals surface area contributed by atoms with E-state index in [9.17, 15) is 13.2 Å². The normalized spacial score (nSPS) is 12.1. The minimum absolute atomic E-state index is 0.237. The second kappa shape index (κ2) is 3.79. The topological polar surface area (TPSA) is 27.1 Å². The van der Waals surface area contributed by atoms with E-state index in [-0.39, 0.29) is 5.75 Å². The van der Waals surface area contributed by atoms with Crippen LogP contribution in [0.15, 0.2) is 18.2 Å². The molecule has 16 heavy (non-hydrogen) atoms. The van der Waals surface area contributed by atoms with E-state index in [0.717, 1.165) is 9.09 Å². The molecular weight excluding hydrogens is 336 g/mol. The van der Waals surface area contributed by atoms with Gasteiger partial charge in [-0.15, -0.1) is 13.2 Å². The standard InChI is InChI=1S/C9H6F3IN2O/c1-15-7-4-5(16-9(10,11)12)2-3-6(7)8(13)14-15/h2-4H,1H3. The molecule has 0 radical (unpaired) electrons. The van der Waals surface area contributed by atoms with Crippen LogP contribution < -0.4 is 4.74 Å². The van der Waals surface area contributed by atoms with Gasteiger partial charge < -0.3 is 4.74 Å². The third kappa shape index (κ3) is 2.23. The van der Waals surface area contributed by atoms with Gasteiger partial charge in [0, 0.05) is 18.5 Å². The van der Waals surface area contributed by atoms with E-state index in [1.54, 1.807) is 13.1 Å². The third-order valence-corrected chi connectivity index (χ3v) is 2.81. The number of nitrogens with zero attached hydrogens (tertiary/aromatic N) is 2. The van der Waals surface area contributed by atoms with Crippen molar-refractivity contribution in [2.45, 2.75) is 6.36 Å². The predicted molar refractivity (Wildman–Crippen MR) is 60.1 cm³/mol. The first-order valence-corrected chi connectivity index (χ1v) is 5.33. The Morgan fingerprint density at radius 3 is 2.69 bits per heavy atom. The van der Waals surface area contributed by atoms with E-state index >= 15 is 0 Å². The van der Waals surface area contributed by atoms with Crippen LogP contribution in [0.25, 0.3) is 10.9 Å². The van der Waals surface area contributed by atoms with Crippen molar-refractivity contribution in [3.05, 3.63) is 21.9 Å². The molecule has 0 unspecified atom stereocenters. The minimum Gasteiger partial charge on any atom is -0.406 e. The Hall–Kier alpha value is -0.990. The van der Waals surface area contributed by atoms with Crippen LogP contribution in [-0.2, 0) is 7.05 Å². The van der Waals surface area contributed by atoms with Gasteiger partial charge in [-0.05, 0) is 34.7 Å². The first kappa shape index (κ1) is 11.5. The van der Waals surface area contributed by atoms with Crippen molar-refractivity contribution >= 4 is 33.5 Å². The maximum absolute atomic E-state index is 12.0. The van der Waals surface area contributed by atoms with Gasteiger partial charge in [-0.3, -0.25) is 4.68 Å². The largest absolute Gasteiger partial charge is 0.573 e. The van der Waals surface area contributed by atoms with Crippen LogP contribution in [0.4, 0.5) is 13.2 Å². The molecule has 86 valence electrons. The zero-order valence-corrected chi connectivity index (χ0v) is 10.2. The number of aromatic nitrogens is 2. The van der Waals surface area contributed by atoms with Crippen LogP contribution in [0.1, 0.15) is 0 Å². The average Bonchev–Trinajstić information content (AvgIpc) is 2.40. The molecule has 3 nitrogen and oxygen atoms in total. The summed E-state index contributed by atoms with van der Waals surface area (Å²) in [4.78, 5) is 0. The molecule has 0 fully saturated rings. The fourth-order valence-electron chi connectivity index (χ4n) is 1.39. The summed E-state index contributed by atoms with van der Waals surface area (Å²) in [6, 6.07) is 4.16. The van der Waals surface area contributed by atoms with Crippen molar-refractivity contribution in [3.63, 3.8) is 0 Å². The molecule has 2 rings (SSSR count). The molecule has 0 atom stereocenters. The molecule has 0 bridgehead atoms. The Balaban J connectivity index is 2.48. The zero-order chi connectivity index (χ0) is 11.9. The molecule has 7 heteroatoms. The molecule has 0 aliphatic rings. The first-order valence-electron chi connectivity index (χ1n) is 4.25. The highest BCUT2D eigenvalue weighted by atomic mass is 127. The van der Waals surface area contributed by atoms with Crippen molar-refractivity contribution in [1.82, 2.24) is 9.78 Å². The number of rotatable bonds is 1. The van der Waals surface area contributed by atoms with Crippen LogP contribution in [0.3, 0.4) is 0 Å². The van der Waals surface area contributed by atoms with E-state index < -0.39 is 6.36 Å². The van der Waals surface area contributed by atoms with Gasteiger partial charge in [-0.2, -0.15) is 5.10 Å². The van der Waals surface area contributed by atoms with Crippen molar-refractivity contribution in [1.29, 1.82) is 0 Å². The van der Waals surface area contributed by atoms with Crippen molar-refractivity contribution in [3.8, 4) is 5.75 Å². The van der Waals surface area contributed by atoms with Gasteiger partial charge in [0.25, 0.3) is 0 Å². The minimum atomic E-state index is -4.67. The number of hydrogen-bond acceptors (Lipinski definition) is 2. The molecule has 1 heterocycles. The summed E-state index contributed by atoms with van der Waals surface area (Å²) in [6.07, 6.45) is -4.67. The molecule has 0 spiro atoms. The van der Waals surface area contributed by atoms with Crippen LogP contribution in [-0.4, -0.2) is 16.1 Å². The predicted octanol–water partition coefficient (Wildman–Crippen LogP) is 3.08. The average molecular weight is 342 g/mol. The lowest BCUT2D eigenvalue weighted by Gasteiger charge is -2.08. The Kier molecular flexibility index (Phi) is 2.72. The van der Waals surface area contributed by atoms with Crippen molar-refractivity contribution < 1.29 is 17.9 Å². The number of aryl methyl sites for hydroxylation is 1. The Bertz CT molecular complexity index is 535. The second-order valence-corrected chi connectivity index (χ2v) is 4.16. The van der Waals surface area contributed by atoms with Gasteiger partial charge in [0.15, 0.2) is 0 Å². The molecular formula is C9H6F3IN2O. The lowest BCUT2D eigenvalue weighted by Crippen LogP contribution is -2.17. The van der Waals surface area contributed by atoms with Crippen LogP contribution in [0.5, 0.6) is 5.75 Å². The molecule has 0 N–H and O–H groups in total. The Labute approximate surface area is 102 Å². The third-order valence-electron chi connectivity index (χ3n) is 2.01. The van der Waals surface area contributed by atoms with Crippen LogP contribution >= 0.6 is 22.6 Å². The molecule has 0 aliphatic heterocycles. The van der Waals surface area contributed by atoms with Crippen LogP contribution in [0.2, 0.25) is 0 Å². The maximum Gasteiger partial charge on any atom is 0.573 e. The van der Waals surface area contributed by atoms with Gasteiger partial charge in [0.2, 0.25) is 0 Å². The fourth-order valence-corrected chi connectivity index (χ4v) is 2.17. The molecule has 0 amide bonds. The molecule has 2 aromatic rings. The number of halogens is 4. The number of hydrogen-bond donors (Lipinski definition) is 0. The quantitative estimate of drug-likeness (QED) is 0.745. The Morgan fingerprint density at radius 1 is 1.38 bits per heavy atom. The highest BCUT2D eigenvalue weighted by Gasteiger charge is 2.31. The monoisotopic (exact) mass is 342 g/mol. The smallest absolute Gasteiger partial charge is 0.406 e. The summed E-state index contributed by atoms with van der Waals surface area (Å²) in [5, 5.41) is 4.90. The van der Waals surface area contributed by atoms with Crippen molar-refractivity contribution in [2.75, 3.05) is 0 Å². The summed E-state index contributed by atoms with van der Waals surface area (Å²) >= 11 is 2.02.